The number of alkyl halides is 1. The Balaban J connectivity index is 2.83. The molecule has 1 aromatic heterocycles. The fraction of sp³-hybridized carbons (Fsp3) is 0.200. The van der Waals surface area contributed by atoms with E-state index in [1.54, 1.807) is 6.07 Å². The summed E-state index contributed by atoms with van der Waals surface area (Å²) in [4.78, 5) is 0. The number of benzene rings is 1. The zero-order valence-electron chi connectivity index (χ0n) is 7.42. The molecule has 0 saturated carbocycles. The van der Waals surface area contributed by atoms with Crippen LogP contribution in [0.15, 0.2) is 24.3 Å². The van der Waals surface area contributed by atoms with Gasteiger partial charge < -0.3 is 10.3 Å². The number of aryl methyl sites for hydroxylation is 1. The summed E-state index contributed by atoms with van der Waals surface area (Å²) in [5.41, 5.74) is 8.10. The van der Waals surface area contributed by atoms with Gasteiger partial charge in [0, 0.05) is 23.8 Å². The molecule has 0 fully saturated rings. The molecule has 0 unspecified atom stereocenters. The van der Waals surface area contributed by atoms with Crippen LogP contribution in [-0.4, -0.2) is 4.57 Å². The first-order valence-corrected chi connectivity index (χ1v) is 4.13. The van der Waals surface area contributed by atoms with Crippen molar-refractivity contribution in [3.63, 3.8) is 0 Å². The van der Waals surface area contributed by atoms with E-state index in [0.717, 1.165) is 10.9 Å². The van der Waals surface area contributed by atoms with Crippen LogP contribution in [0.4, 0.5) is 10.1 Å². The third-order valence-corrected chi connectivity index (χ3v) is 2.36. The van der Waals surface area contributed by atoms with Crippen molar-refractivity contribution < 1.29 is 4.39 Å². The summed E-state index contributed by atoms with van der Waals surface area (Å²) in [5, 5.41) is 0.928. The first kappa shape index (κ1) is 8.10. The molecule has 0 aliphatic rings. The van der Waals surface area contributed by atoms with E-state index in [-0.39, 0.29) is 0 Å². The zero-order valence-corrected chi connectivity index (χ0v) is 7.42. The van der Waals surface area contributed by atoms with Crippen molar-refractivity contribution >= 4 is 16.6 Å². The molecule has 2 aromatic rings. The highest BCUT2D eigenvalue weighted by molar-refractivity contribution is 5.92. The van der Waals surface area contributed by atoms with Crippen molar-refractivity contribution in [2.75, 3.05) is 5.73 Å². The van der Waals surface area contributed by atoms with E-state index in [4.69, 9.17) is 5.73 Å². The Labute approximate surface area is 75.8 Å². The van der Waals surface area contributed by atoms with Crippen molar-refractivity contribution in [1.82, 2.24) is 4.57 Å². The molecule has 2 rings (SSSR count). The van der Waals surface area contributed by atoms with Crippen LogP contribution in [0.1, 0.15) is 5.69 Å². The lowest BCUT2D eigenvalue weighted by Gasteiger charge is -1.99. The van der Waals surface area contributed by atoms with Gasteiger partial charge in [0.05, 0.1) is 5.52 Å². The number of nitrogens with two attached hydrogens (primary N) is 1. The summed E-state index contributed by atoms with van der Waals surface area (Å²) in [7, 11) is 1.84. The van der Waals surface area contributed by atoms with Gasteiger partial charge in [0.15, 0.2) is 0 Å². The Morgan fingerprint density at radius 3 is 2.85 bits per heavy atom. The minimum atomic E-state index is -0.454. The Bertz CT molecular complexity index is 445. The molecule has 0 aliphatic heterocycles. The van der Waals surface area contributed by atoms with Gasteiger partial charge in [-0.25, -0.2) is 4.39 Å². The Morgan fingerprint density at radius 2 is 2.23 bits per heavy atom. The van der Waals surface area contributed by atoms with Gasteiger partial charge in [0.2, 0.25) is 0 Å². The lowest BCUT2D eigenvalue weighted by atomic mass is 10.2. The predicted molar refractivity (Wildman–Crippen MR) is 52.1 cm³/mol. The molecule has 68 valence electrons. The number of nitrogens with zero attached hydrogens (tertiary/aromatic N) is 1. The summed E-state index contributed by atoms with van der Waals surface area (Å²) < 4.78 is 14.3. The molecule has 1 aromatic carbocycles. The molecule has 0 amide bonds. The largest absolute Gasteiger partial charge is 0.398 e. The normalized spacial score (nSPS) is 10.9. The standard InChI is InChI=1S/C10H11FN2/c1-13-7(6-11)5-8-9(12)3-2-4-10(8)13/h2-5H,6,12H2,1H3. The van der Waals surface area contributed by atoms with Gasteiger partial charge in [0.25, 0.3) is 0 Å². The maximum atomic E-state index is 12.5. The van der Waals surface area contributed by atoms with Crippen molar-refractivity contribution in [1.29, 1.82) is 0 Å². The van der Waals surface area contributed by atoms with Crippen molar-refractivity contribution in [3.8, 4) is 0 Å². The predicted octanol–water partition coefficient (Wildman–Crippen LogP) is 2.23. The number of halogens is 1. The molecule has 2 nitrogen and oxygen atoms in total. The number of rotatable bonds is 1. The van der Waals surface area contributed by atoms with Crippen molar-refractivity contribution in [2.45, 2.75) is 6.67 Å². The number of hydrogen-bond donors (Lipinski definition) is 1. The second kappa shape index (κ2) is 2.76. The van der Waals surface area contributed by atoms with E-state index < -0.39 is 6.67 Å². The van der Waals surface area contributed by atoms with Crippen molar-refractivity contribution in [2.24, 2.45) is 7.05 Å². The van der Waals surface area contributed by atoms with E-state index in [1.807, 2.05) is 29.8 Å². The van der Waals surface area contributed by atoms with Crippen LogP contribution >= 0.6 is 0 Å². The molecule has 0 saturated heterocycles. The molecule has 0 aliphatic carbocycles. The maximum Gasteiger partial charge on any atom is 0.129 e. The fourth-order valence-electron chi connectivity index (χ4n) is 1.57. The smallest absolute Gasteiger partial charge is 0.129 e. The molecule has 3 heteroatoms. The van der Waals surface area contributed by atoms with Gasteiger partial charge in [-0.05, 0) is 18.2 Å². The van der Waals surface area contributed by atoms with E-state index in [9.17, 15) is 4.39 Å². The summed E-state index contributed by atoms with van der Waals surface area (Å²) in [6.45, 7) is -0.454. The third-order valence-electron chi connectivity index (χ3n) is 2.36. The minimum Gasteiger partial charge on any atom is -0.398 e. The van der Waals surface area contributed by atoms with E-state index in [0.29, 0.717) is 11.4 Å². The lowest BCUT2D eigenvalue weighted by molar-refractivity contribution is 0.467. The molecule has 13 heavy (non-hydrogen) atoms. The fourth-order valence-corrected chi connectivity index (χ4v) is 1.57. The Kier molecular flexibility index (Phi) is 1.72. The first-order valence-electron chi connectivity index (χ1n) is 4.13. The third kappa shape index (κ3) is 1.08. The molecule has 0 atom stereocenters. The minimum absolute atomic E-state index is 0.454. The second-order valence-corrected chi connectivity index (χ2v) is 3.11. The Hall–Kier alpha value is -1.51. The molecule has 0 radical (unpaired) electrons. The summed E-state index contributed by atoms with van der Waals surface area (Å²) in [6.07, 6.45) is 0. The van der Waals surface area contributed by atoms with E-state index in [1.165, 1.54) is 0 Å². The number of fused-ring (bicyclic) bond motifs is 1. The SMILES string of the molecule is Cn1c(CF)cc2c(N)cccc21. The van der Waals surface area contributed by atoms with Gasteiger partial charge in [-0.15, -0.1) is 0 Å². The van der Waals surface area contributed by atoms with Crippen LogP contribution in [0.2, 0.25) is 0 Å². The van der Waals surface area contributed by atoms with Crippen LogP contribution in [0, 0.1) is 0 Å². The molecule has 1 heterocycles. The van der Waals surface area contributed by atoms with Gasteiger partial charge >= 0.3 is 0 Å². The van der Waals surface area contributed by atoms with E-state index >= 15 is 0 Å². The highest BCUT2D eigenvalue weighted by atomic mass is 19.1. The molecule has 2 N–H and O–H groups in total. The number of nitrogen functional groups attached to an aromatic ring is 1. The topological polar surface area (TPSA) is 30.9 Å². The van der Waals surface area contributed by atoms with Gasteiger partial charge in [-0.1, -0.05) is 6.07 Å². The van der Waals surface area contributed by atoms with Crippen LogP contribution in [0.3, 0.4) is 0 Å². The quantitative estimate of drug-likeness (QED) is 0.667. The number of anilines is 1. The maximum absolute atomic E-state index is 12.5. The van der Waals surface area contributed by atoms with Gasteiger partial charge in [-0.2, -0.15) is 0 Å². The Morgan fingerprint density at radius 1 is 1.46 bits per heavy atom. The summed E-state index contributed by atoms with van der Waals surface area (Å²) >= 11 is 0. The van der Waals surface area contributed by atoms with Gasteiger partial charge in [-0.3, -0.25) is 0 Å². The van der Waals surface area contributed by atoms with E-state index in [2.05, 4.69) is 0 Å². The average Bonchev–Trinajstić information content (AvgIpc) is 2.45. The highest BCUT2D eigenvalue weighted by Gasteiger charge is 2.06. The zero-order chi connectivity index (χ0) is 9.42. The van der Waals surface area contributed by atoms with Crippen LogP contribution in [-0.2, 0) is 13.7 Å². The highest BCUT2D eigenvalue weighted by Crippen LogP contribution is 2.24. The first-order chi connectivity index (χ1) is 6.24. The lowest BCUT2D eigenvalue weighted by Crippen LogP contribution is -1.92. The van der Waals surface area contributed by atoms with Gasteiger partial charge in [0.1, 0.15) is 6.67 Å². The van der Waals surface area contributed by atoms with Crippen LogP contribution in [0.5, 0.6) is 0 Å². The molecule has 0 bridgehead atoms. The molecular weight excluding hydrogens is 167 g/mol. The van der Waals surface area contributed by atoms with Crippen molar-refractivity contribution in [3.05, 3.63) is 30.0 Å². The van der Waals surface area contributed by atoms with Crippen LogP contribution in [0.25, 0.3) is 10.9 Å². The average molecular weight is 178 g/mol. The summed E-state index contributed by atoms with van der Waals surface area (Å²) in [5.74, 6) is 0. The monoisotopic (exact) mass is 178 g/mol. The second-order valence-electron chi connectivity index (χ2n) is 3.11. The van der Waals surface area contributed by atoms with Crippen LogP contribution < -0.4 is 5.73 Å². The summed E-state index contributed by atoms with van der Waals surface area (Å²) in [6, 6.07) is 7.43. The molecule has 0 spiro atoms. The molecular formula is C10H11FN2. The number of hydrogen-bond acceptors (Lipinski definition) is 1. The number of aromatic nitrogens is 1.